The molecule has 0 radical (unpaired) electrons. The van der Waals surface area contributed by atoms with Crippen LogP contribution in [0, 0.1) is 5.92 Å². The number of hydrogen-bond donors (Lipinski definition) is 1. The predicted octanol–water partition coefficient (Wildman–Crippen LogP) is 5.13. The predicted molar refractivity (Wildman–Crippen MR) is 94.1 cm³/mol. The van der Waals surface area contributed by atoms with Gasteiger partial charge in [-0.25, -0.2) is 0 Å². The van der Waals surface area contributed by atoms with Crippen LogP contribution in [-0.2, 0) is 6.42 Å². The zero-order valence-corrected chi connectivity index (χ0v) is 15.5. The first-order valence-electron chi connectivity index (χ1n) is 8.47. The minimum atomic E-state index is -0.0787. The monoisotopic (exact) mass is 356 g/mol. The number of aliphatic hydroxyl groups is 1. The molecule has 0 fully saturated rings. The molecule has 2 unspecified atom stereocenters. The van der Waals surface area contributed by atoms with Crippen LogP contribution in [0.3, 0.4) is 0 Å². The Labute approximate surface area is 137 Å². The Balaban J connectivity index is 2.28. The van der Waals surface area contributed by atoms with Crippen molar-refractivity contribution in [3.8, 4) is 0 Å². The molecule has 1 rings (SSSR count). The Bertz CT molecular complexity index is 339. The molecule has 0 saturated carbocycles. The van der Waals surface area contributed by atoms with Crippen LogP contribution in [0.25, 0.3) is 0 Å². The minimum absolute atomic E-state index is 0.0787. The molecular formula is C19H32OSe. The van der Waals surface area contributed by atoms with Crippen LogP contribution >= 0.6 is 0 Å². The maximum absolute atomic E-state index is 10.2. The van der Waals surface area contributed by atoms with Gasteiger partial charge in [0.25, 0.3) is 0 Å². The number of benzene rings is 1. The summed E-state index contributed by atoms with van der Waals surface area (Å²) in [4.78, 5) is 0. The summed E-state index contributed by atoms with van der Waals surface area (Å²) in [5.41, 5.74) is 1.43. The van der Waals surface area contributed by atoms with Crippen LogP contribution in [0.1, 0.15) is 57.4 Å². The van der Waals surface area contributed by atoms with Crippen molar-refractivity contribution in [2.45, 2.75) is 75.5 Å². The average molecular weight is 355 g/mol. The number of unbranched alkanes of at least 4 members (excludes halogenated alkanes) is 3. The number of rotatable bonds is 12. The van der Waals surface area contributed by atoms with Crippen LogP contribution in [-0.4, -0.2) is 26.2 Å². The van der Waals surface area contributed by atoms with Gasteiger partial charge in [-0.1, -0.05) is 0 Å². The van der Waals surface area contributed by atoms with E-state index in [0.29, 0.717) is 20.9 Å². The van der Waals surface area contributed by atoms with E-state index in [0.717, 1.165) is 19.3 Å². The number of aryl methyl sites for hydroxylation is 1. The van der Waals surface area contributed by atoms with E-state index >= 15 is 0 Å². The second-order valence-electron chi connectivity index (χ2n) is 6.08. The normalized spacial score (nSPS) is 14.0. The second-order valence-corrected chi connectivity index (χ2v) is 8.00. The van der Waals surface area contributed by atoms with E-state index in [1.807, 2.05) is 0 Å². The van der Waals surface area contributed by atoms with Gasteiger partial charge < -0.3 is 0 Å². The topological polar surface area (TPSA) is 20.2 Å². The van der Waals surface area contributed by atoms with E-state index in [2.05, 4.69) is 43.1 Å². The molecule has 0 amide bonds. The SMILES string of the molecule is CCCCCCC(O)CC(CCc1ccccc1)C[Se]C. The van der Waals surface area contributed by atoms with Crippen molar-refractivity contribution in [1.29, 1.82) is 0 Å². The summed E-state index contributed by atoms with van der Waals surface area (Å²) in [6.45, 7) is 2.24. The molecule has 21 heavy (non-hydrogen) atoms. The van der Waals surface area contributed by atoms with Gasteiger partial charge in [-0.05, 0) is 0 Å². The van der Waals surface area contributed by atoms with E-state index in [1.165, 1.54) is 43.0 Å². The first kappa shape index (κ1) is 18.7. The molecule has 0 aliphatic rings. The summed E-state index contributed by atoms with van der Waals surface area (Å²) in [6.07, 6.45) is 9.36. The molecule has 1 aromatic carbocycles. The van der Waals surface area contributed by atoms with E-state index < -0.39 is 0 Å². The Morgan fingerprint density at radius 2 is 1.81 bits per heavy atom. The summed E-state index contributed by atoms with van der Waals surface area (Å²) in [6, 6.07) is 10.8. The quantitative estimate of drug-likeness (QED) is 0.407. The first-order chi connectivity index (χ1) is 10.3. The molecule has 0 heterocycles. The molecule has 120 valence electrons. The van der Waals surface area contributed by atoms with E-state index in [-0.39, 0.29) is 6.10 Å². The van der Waals surface area contributed by atoms with Crippen LogP contribution in [0.15, 0.2) is 30.3 Å². The van der Waals surface area contributed by atoms with Crippen LogP contribution in [0.4, 0.5) is 0 Å². The zero-order valence-electron chi connectivity index (χ0n) is 13.8. The summed E-state index contributed by atoms with van der Waals surface area (Å²) >= 11 is 0.712. The van der Waals surface area contributed by atoms with Gasteiger partial charge in [-0.3, -0.25) is 0 Å². The maximum atomic E-state index is 10.2. The molecular weight excluding hydrogens is 323 g/mol. The molecule has 0 aliphatic carbocycles. The standard InChI is InChI=1S/C19H32OSe/c1-3-4-5-9-12-19(20)15-18(16-21-2)14-13-17-10-7-6-8-11-17/h6-8,10-11,18-20H,3-5,9,12-16H2,1-2H3. The molecule has 0 bridgehead atoms. The van der Waals surface area contributed by atoms with Crippen molar-refractivity contribution in [3.05, 3.63) is 35.9 Å². The van der Waals surface area contributed by atoms with E-state index in [4.69, 9.17) is 0 Å². The Kier molecular flexibility index (Phi) is 10.9. The molecule has 2 atom stereocenters. The van der Waals surface area contributed by atoms with Crippen molar-refractivity contribution in [2.75, 3.05) is 0 Å². The van der Waals surface area contributed by atoms with Crippen LogP contribution in [0.5, 0.6) is 0 Å². The molecule has 2 heteroatoms. The third kappa shape index (κ3) is 9.34. The fourth-order valence-corrected chi connectivity index (χ4v) is 4.45. The van der Waals surface area contributed by atoms with Gasteiger partial charge in [-0.2, -0.15) is 0 Å². The Morgan fingerprint density at radius 1 is 1.05 bits per heavy atom. The van der Waals surface area contributed by atoms with Gasteiger partial charge in [0.2, 0.25) is 0 Å². The van der Waals surface area contributed by atoms with Gasteiger partial charge in [0.05, 0.1) is 0 Å². The van der Waals surface area contributed by atoms with Crippen LogP contribution in [0.2, 0.25) is 11.1 Å². The number of hydrogen-bond acceptors (Lipinski definition) is 1. The zero-order chi connectivity index (χ0) is 15.3. The summed E-state index contributed by atoms with van der Waals surface area (Å²) in [5.74, 6) is 3.02. The molecule has 1 N–H and O–H groups in total. The van der Waals surface area contributed by atoms with Crippen molar-refractivity contribution >= 4 is 15.0 Å². The van der Waals surface area contributed by atoms with Gasteiger partial charge >= 0.3 is 137 Å². The molecule has 1 aromatic rings. The van der Waals surface area contributed by atoms with Gasteiger partial charge in [0.1, 0.15) is 0 Å². The van der Waals surface area contributed by atoms with Crippen molar-refractivity contribution in [2.24, 2.45) is 5.92 Å². The third-order valence-electron chi connectivity index (χ3n) is 4.08. The van der Waals surface area contributed by atoms with Crippen molar-refractivity contribution in [3.63, 3.8) is 0 Å². The van der Waals surface area contributed by atoms with Crippen molar-refractivity contribution < 1.29 is 5.11 Å². The van der Waals surface area contributed by atoms with Gasteiger partial charge in [-0.15, -0.1) is 0 Å². The van der Waals surface area contributed by atoms with Gasteiger partial charge in [0, 0.05) is 0 Å². The summed E-state index contributed by atoms with van der Waals surface area (Å²) in [7, 11) is 0. The molecule has 1 nitrogen and oxygen atoms in total. The van der Waals surface area contributed by atoms with E-state index in [1.54, 1.807) is 0 Å². The van der Waals surface area contributed by atoms with Crippen molar-refractivity contribution in [1.82, 2.24) is 0 Å². The van der Waals surface area contributed by atoms with Gasteiger partial charge in [0.15, 0.2) is 0 Å². The fourth-order valence-electron chi connectivity index (χ4n) is 2.83. The second kappa shape index (κ2) is 12.3. The summed E-state index contributed by atoms with van der Waals surface area (Å²) < 4.78 is 0. The van der Waals surface area contributed by atoms with Crippen LogP contribution < -0.4 is 0 Å². The molecule has 0 aromatic heterocycles. The molecule has 0 spiro atoms. The number of aliphatic hydroxyl groups excluding tert-OH is 1. The average Bonchev–Trinajstić information content (AvgIpc) is 2.50. The fraction of sp³-hybridized carbons (Fsp3) is 0.684. The molecule has 0 saturated heterocycles. The Hall–Kier alpha value is -0.301. The molecule has 0 aliphatic heterocycles. The summed E-state index contributed by atoms with van der Waals surface area (Å²) in [5, 5.41) is 11.6. The first-order valence-corrected chi connectivity index (χ1v) is 11.4. The third-order valence-corrected chi connectivity index (χ3v) is 5.77. The van der Waals surface area contributed by atoms with E-state index in [9.17, 15) is 5.11 Å². The Morgan fingerprint density at radius 3 is 2.48 bits per heavy atom.